The van der Waals surface area contributed by atoms with Crippen molar-refractivity contribution in [2.24, 2.45) is 0 Å². The van der Waals surface area contributed by atoms with Gasteiger partial charge in [-0.3, -0.25) is 4.79 Å². The van der Waals surface area contributed by atoms with E-state index in [0.29, 0.717) is 18.0 Å². The highest BCUT2D eigenvalue weighted by Gasteiger charge is 2.25. The van der Waals surface area contributed by atoms with Crippen molar-refractivity contribution in [3.63, 3.8) is 0 Å². The number of hydrogen-bond acceptors (Lipinski definition) is 4. The number of terminal acetylenes is 1. The van der Waals surface area contributed by atoms with Crippen molar-refractivity contribution >= 4 is 11.7 Å². The van der Waals surface area contributed by atoms with Gasteiger partial charge in [0.1, 0.15) is 5.69 Å². The molecule has 5 heteroatoms. The number of nitrogens with one attached hydrogen (secondary N) is 1. The normalized spacial score (nSPS) is 16.5. The van der Waals surface area contributed by atoms with Gasteiger partial charge >= 0.3 is 0 Å². The van der Waals surface area contributed by atoms with Crippen molar-refractivity contribution in [3.05, 3.63) is 53.2 Å². The maximum absolute atomic E-state index is 12.3. The van der Waals surface area contributed by atoms with E-state index in [1.807, 2.05) is 18.2 Å². The van der Waals surface area contributed by atoms with E-state index in [-0.39, 0.29) is 11.9 Å². The number of anilines is 1. The molecule has 0 aliphatic carbocycles. The van der Waals surface area contributed by atoms with E-state index in [0.717, 1.165) is 30.9 Å². The third-order valence-corrected chi connectivity index (χ3v) is 4.69. The fourth-order valence-electron chi connectivity index (χ4n) is 3.14. The van der Waals surface area contributed by atoms with Gasteiger partial charge in [-0.05, 0) is 41.5 Å². The van der Waals surface area contributed by atoms with E-state index in [4.69, 9.17) is 6.42 Å². The van der Waals surface area contributed by atoms with Gasteiger partial charge in [0.25, 0.3) is 0 Å². The van der Waals surface area contributed by atoms with Gasteiger partial charge in [-0.25, -0.2) is 0 Å². The van der Waals surface area contributed by atoms with Crippen LogP contribution >= 0.6 is 0 Å². The zero-order valence-electron chi connectivity index (χ0n) is 15.3. The summed E-state index contributed by atoms with van der Waals surface area (Å²) in [6.45, 7) is 5.91. The van der Waals surface area contributed by atoms with E-state index < -0.39 is 0 Å². The number of nitrogens with zero attached hydrogens (tertiary/aromatic N) is 3. The molecule has 0 spiro atoms. The van der Waals surface area contributed by atoms with Crippen LogP contribution in [-0.4, -0.2) is 35.2 Å². The van der Waals surface area contributed by atoms with Crippen molar-refractivity contribution in [3.8, 4) is 12.3 Å². The number of carbonyl (C=O) groups excluding carboxylic acids is 1. The van der Waals surface area contributed by atoms with Gasteiger partial charge in [0.05, 0.1) is 6.42 Å². The predicted molar refractivity (Wildman–Crippen MR) is 103 cm³/mol. The Morgan fingerprint density at radius 3 is 2.65 bits per heavy atom. The lowest BCUT2D eigenvalue weighted by Gasteiger charge is -2.17. The van der Waals surface area contributed by atoms with E-state index in [1.165, 1.54) is 5.56 Å². The Bertz CT molecular complexity index is 790. The van der Waals surface area contributed by atoms with Crippen molar-refractivity contribution in [1.82, 2.24) is 15.5 Å². The number of amides is 1. The molecule has 0 bridgehead atoms. The van der Waals surface area contributed by atoms with E-state index in [2.05, 4.69) is 52.3 Å². The Labute approximate surface area is 154 Å². The average molecular weight is 348 g/mol. The first kappa shape index (κ1) is 17.9. The molecule has 0 radical (unpaired) electrons. The maximum atomic E-state index is 12.3. The van der Waals surface area contributed by atoms with Gasteiger partial charge in [0, 0.05) is 19.1 Å². The number of benzene rings is 1. The van der Waals surface area contributed by atoms with Crippen LogP contribution in [0.15, 0.2) is 36.4 Å². The summed E-state index contributed by atoms with van der Waals surface area (Å²) in [6.07, 6.45) is 6.61. The molecule has 0 saturated carbocycles. The monoisotopic (exact) mass is 348 g/mol. The molecule has 1 saturated heterocycles. The summed E-state index contributed by atoms with van der Waals surface area (Å²) in [5.41, 5.74) is 2.86. The molecular weight excluding hydrogens is 324 g/mol. The molecule has 3 rings (SSSR count). The highest BCUT2D eigenvalue weighted by molar-refractivity contribution is 5.79. The zero-order chi connectivity index (χ0) is 18.5. The van der Waals surface area contributed by atoms with Crippen molar-refractivity contribution in [2.75, 3.05) is 18.0 Å². The number of rotatable bonds is 5. The molecular formula is C21H24N4O. The summed E-state index contributed by atoms with van der Waals surface area (Å²) < 4.78 is 0. The third kappa shape index (κ3) is 4.40. The van der Waals surface area contributed by atoms with Crippen LogP contribution in [0.1, 0.15) is 43.0 Å². The lowest BCUT2D eigenvalue weighted by molar-refractivity contribution is -0.121. The van der Waals surface area contributed by atoms with Crippen LogP contribution in [-0.2, 0) is 11.2 Å². The lowest BCUT2D eigenvalue weighted by atomic mass is 10.0. The Morgan fingerprint density at radius 2 is 2.04 bits per heavy atom. The molecule has 1 aromatic carbocycles. The van der Waals surface area contributed by atoms with Gasteiger partial charge in [-0.2, -0.15) is 0 Å². The van der Waals surface area contributed by atoms with Gasteiger partial charge in [0.15, 0.2) is 5.82 Å². The fraction of sp³-hybridized carbons (Fsp3) is 0.381. The highest BCUT2D eigenvalue weighted by atomic mass is 16.1. The molecule has 134 valence electrons. The summed E-state index contributed by atoms with van der Waals surface area (Å²) in [4.78, 5) is 14.5. The van der Waals surface area contributed by atoms with Crippen molar-refractivity contribution < 1.29 is 4.79 Å². The summed E-state index contributed by atoms with van der Waals surface area (Å²) in [5, 5.41) is 11.3. The van der Waals surface area contributed by atoms with Crippen LogP contribution in [0.2, 0.25) is 0 Å². The number of aromatic nitrogens is 2. The summed E-state index contributed by atoms with van der Waals surface area (Å²) >= 11 is 0. The Kier molecular flexibility index (Phi) is 5.52. The van der Waals surface area contributed by atoms with Crippen LogP contribution in [0.25, 0.3) is 0 Å². The quantitative estimate of drug-likeness (QED) is 0.844. The lowest BCUT2D eigenvalue weighted by Crippen LogP contribution is -2.38. The standard InChI is InChI=1S/C21H24N4O/c1-4-18-9-10-20(24-23-18)25-12-11-19(14-25)22-21(26)13-16-5-7-17(8-6-16)15(2)3/h1,5-10,15,19H,11-14H2,2-3H3,(H,22,26)/t19-/m1/s1. The van der Waals surface area contributed by atoms with Gasteiger partial charge in [-0.1, -0.05) is 38.1 Å². The second kappa shape index (κ2) is 8.01. The summed E-state index contributed by atoms with van der Waals surface area (Å²) in [5.74, 6) is 3.82. The van der Waals surface area contributed by atoms with Gasteiger partial charge < -0.3 is 10.2 Å². The zero-order valence-corrected chi connectivity index (χ0v) is 15.3. The molecule has 26 heavy (non-hydrogen) atoms. The van der Waals surface area contributed by atoms with Crippen LogP contribution < -0.4 is 10.2 Å². The molecule has 1 fully saturated rings. The highest BCUT2D eigenvalue weighted by Crippen LogP contribution is 2.18. The third-order valence-electron chi connectivity index (χ3n) is 4.69. The van der Waals surface area contributed by atoms with E-state index in [9.17, 15) is 4.79 Å². The molecule has 1 aliphatic rings. The van der Waals surface area contributed by atoms with Gasteiger partial charge in [-0.15, -0.1) is 16.6 Å². The van der Waals surface area contributed by atoms with Crippen LogP contribution in [0.5, 0.6) is 0 Å². The molecule has 2 heterocycles. The van der Waals surface area contributed by atoms with Crippen molar-refractivity contribution in [2.45, 2.75) is 38.6 Å². The van der Waals surface area contributed by atoms with E-state index in [1.54, 1.807) is 6.07 Å². The molecule has 1 aliphatic heterocycles. The maximum Gasteiger partial charge on any atom is 0.224 e. The number of carbonyl (C=O) groups is 1. The topological polar surface area (TPSA) is 58.1 Å². The van der Waals surface area contributed by atoms with Crippen molar-refractivity contribution in [1.29, 1.82) is 0 Å². The average Bonchev–Trinajstić information content (AvgIpc) is 3.10. The Morgan fingerprint density at radius 1 is 1.27 bits per heavy atom. The smallest absolute Gasteiger partial charge is 0.224 e. The first-order valence-corrected chi connectivity index (χ1v) is 8.98. The largest absolute Gasteiger partial charge is 0.353 e. The number of hydrogen-bond donors (Lipinski definition) is 1. The van der Waals surface area contributed by atoms with Crippen LogP contribution in [0.4, 0.5) is 5.82 Å². The SMILES string of the molecule is C#Cc1ccc(N2CC[C@@H](NC(=O)Cc3ccc(C(C)C)cc3)C2)nn1. The fourth-order valence-corrected chi connectivity index (χ4v) is 3.14. The molecule has 1 N–H and O–H groups in total. The molecule has 5 nitrogen and oxygen atoms in total. The minimum Gasteiger partial charge on any atom is -0.353 e. The second-order valence-electron chi connectivity index (χ2n) is 6.99. The predicted octanol–water partition coefficient (Wildman–Crippen LogP) is 2.52. The molecule has 1 amide bonds. The molecule has 2 aromatic rings. The first-order chi connectivity index (χ1) is 12.5. The first-order valence-electron chi connectivity index (χ1n) is 8.98. The van der Waals surface area contributed by atoms with E-state index >= 15 is 0 Å². The Hall–Kier alpha value is -2.87. The minimum atomic E-state index is 0.0583. The molecule has 1 atom stereocenters. The second-order valence-corrected chi connectivity index (χ2v) is 6.99. The molecule has 0 unspecified atom stereocenters. The Balaban J connectivity index is 1.51. The minimum absolute atomic E-state index is 0.0583. The summed E-state index contributed by atoms with van der Waals surface area (Å²) in [6, 6.07) is 12.1. The van der Waals surface area contributed by atoms with Gasteiger partial charge in [0.2, 0.25) is 5.91 Å². The van der Waals surface area contributed by atoms with Crippen LogP contribution in [0, 0.1) is 12.3 Å². The summed E-state index contributed by atoms with van der Waals surface area (Å²) in [7, 11) is 0. The molecule has 1 aromatic heterocycles. The van der Waals surface area contributed by atoms with Crippen LogP contribution in [0.3, 0.4) is 0 Å².